The Morgan fingerprint density at radius 1 is 1.10 bits per heavy atom. The van der Waals surface area contributed by atoms with Gasteiger partial charge in [-0.25, -0.2) is 0 Å². The third-order valence-corrected chi connectivity index (χ3v) is 6.47. The van der Waals surface area contributed by atoms with E-state index in [4.69, 9.17) is 0 Å². The third-order valence-electron chi connectivity index (χ3n) is 5.31. The van der Waals surface area contributed by atoms with Crippen LogP contribution in [0.25, 0.3) is 10.1 Å². The van der Waals surface area contributed by atoms with Gasteiger partial charge in [0.1, 0.15) is 0 Å². The van der Waals surface area contributed by atoms with Gasteiger partial charge >= 0.3 is 0 Å². The number of benzene rings is 2. The Kier molecular flexibility index (Phi) is 5.76. The van der Waals surface area contributed by atoms with Crippen LogP contribution in [0.2, 0.25) is 0 Å². The van der Waals surface area contributed by atoms with Crippen molar-refractivity contribution >= 4 is 33.1 Å². The third kappa shape index (κ3) is 4.40. The monoisotopic (exact) mass is 404 g/mol. The molecule has 29 heavy (non-hydrogen) atoms. The predicted molar refractivity (Wildman–Crippen MR) is 119 cm³/mol. The van der Waals surface area contributed by atoms with Gasteiger partial charge in [0.05, 0.1) is 10.9 Å². The molecule has 4 rings (SSSR count). The summed E-state index contributed by atoms with van der Waals surface area (Å²) in [6, 6.07) is 17.2. The minimum Gasteiger partial charge on any atom is -0.387 e. The largest absolute Gasteiger partial charge is 0.387 e. The van der Waals surface area contributed by atoms with Crippen LogP contribution < -0.4 is 10.6 Å². The molecule has 1 amide bonds. The molecule has 1 atom stereocenters. The van der Waals surface area contributed by atoms with Gasteiger partial charge in [-0.3, -0.25) is 9.59 Å². The van der Waals surface area contributed by atoms with Gasteiger partial charge < -0.3 is 10.6 Å². The van der Waals surface area contributed by atoms with Gasteiger partial charge in [-0.1, -0.05) is 43.0 Å². The highest BCUT2D eigenvalue weighted by molar-refractivity contribution is 7.20. The molecule has 0 saturated carbocycles. The predicted octanol–water partition coefficient (Wildman–Crippen LogP) is 4.71. The lowest BCUT2D eigenvalue weighted by molar-refractivity contribution is 0.0939. The molecule has 0 aliphatic carbocycles. The number of carbonyl (C=O) groups excluding carboxylic acids is 2. The Balaban J connectivity index is 1.52. The van der Waals surface area contributed by atoms with Gasteiger partial charge in [-0.2, -0.15) is 0 Å². The first kappa shape index (κ1) is 19.4. The van der Waals surface area contributed by atoms with Crippen molar-refractivity contribution in [1.29, 1.82) is 0 Å². The smallest absolute Gasteiger partial charge is 0.252 e. The quantitative estimate of drug-likeness (QED) is 0.606. The number of thiophene rings is 1. The van der Waals surface area contributed by atoms with E-state index in [-0.39, 0.29) is 24.2 Å². The maximum absolute atomic E-state index is 13.0. The van der Waals surface area contributed by atoms with Crippen molar-refractivity contribution in [2.75, 3.05) is 6.54 Å². The number of fused-ring (bicyclic) bond motifs is 1. The number of ketones is 1. The highest BCUT2D eigenvalue weighted by Gasteiger charge is 2.21. The summed E-state index contributed by atoms with van der Waals surface area (Å²) in [6.07, 6.45) is 3.20. The number of hydrogen-bond acceptors (Lipinski definition) is 4. The summed E-state index contributed by atoms with van der Waals surface area (Å²) in [5.41, 5.74) is 2.16. The number of carbonyl (C=O) groups is 2. The molecule has 1 saturated heterocycles. The Labute approximate surface area is 174 Å². The number of nitrogens with one attached hydrogen (secondary N) is 2. The molecule has 148 valence electrons. The first-order chi connectivity index (χ1) is 14.1. The lowest BCUT2D eigenvalue weighted by Crippen LogP contribution is -2.39. The second-order valence-electron chi connectivity index (χ2n) is 7.38. The fourth-order valence-corrected chi connectivity index (χ4v) is 4.69. The highest BCUT2D eigenvalue weighted by atomic mass is 32.1. The average molecular weight is 405 g/mol. The Morgan fingerprint density at radius 2 is 1.90 bits per heavy atom. The summed E-state index contributed by atoms with van der Waals surface area (Å²) in [6.45, 7) is 4.95. The van der Waals surface area contributed by atoms with E-state index < -0.39 is 0 Å². The van der Waals surface area contributed by atoms with E-state index in [9.17, 15) is 9.59 Å². The fourth-order valence-electron chi connectivity index (χ4n) is 3.69. The molecule has 1 aromatic heterocycles. The van der Waals surface area contributed by atoms with Crippen LogP contribution in [0, 0.1) is 0 Å². The van der Waals surface area contributed by atoms with Crippen LogP contribution in [0.5, 0.6) is 0 Å². The molecular weight excluding hydrogens is 380 g/mol. The Bertz CT molecular complexity index is 1040. The minimum atomic E-state index is -0.153. The number of Topliss-reactive ketones (excluding diaryl/α,β-unsaturated/α-hetero) is 1. The molecule has 1 aliphatic heterocycles. The molecule has 2 N–H and O–H groups in total. The summed E-state index contributed by atoms with van der Waals surface area (Å²) in [5.74, 6) is -0.119. The van der Waals surface area contributed by atoms with E-state index in [1.807, 2.05) is 48.5 Å². The molecule has 2 aromatic carbocycles. The van der Waals surface area contributed by atoms with Crippen LogP contribution >= 0.6 is 11.3 Å². The Morgan fingerprint density at radius 3 is 2.76 bits per heavy atom. The summed E-state index contributed by atoms with van der Waals surface area (Å²) in [7, 11) is 0. The van der Waals surface area contributed by atoms with Crippen LogP contribution in [-0.4, -0.2) is 24.3 Å². The number of rotatable bonds is 5. The van der Waals surface area contributed by atoms with Gasteiger partial charge in [-0.15, -0.1) is 11.3 Å². The summed E-state index contributed by atoms with van der Waals surface area (Å²) < 4.78 is 1.10. The van der Waals surface area contributed by atoms with E-state index in [1.54, 1.807) is 6.07 Å². The zero-order chi connectivity index (χ0) is 20.2. The van der Waals surface area contributed by atoms with E-state index >= 15 is 0 Å². The number of amides is 1. The fraction of sp³-hybridized carbons (Fsp3) is 0.250. The molecule has 4 nitrogen and oxygen atoms in total. The topological polar surface area (TPSA) is 58.2 Å². The molecule has 1 aliphatic rings. The van der Waals surface area contributed by atoms with E-state index in [0.717, 1.165) is 52.0 Å². The highest BCUT2D eigenvalue weighted by Crippen LogP contribution is 2.27. The second kappa shape index (κ2) is 8.62. The van der Waals surface area contributed by atoms with Gasteiger partial charge in [0, 0.05) is 28.9 Å². The van der Waals surface area contributed by atoms with Crippen LogP contribution in [0.4, 0.5) is 0 Å². The maximum atomic E-state index is 13.0. The first-order valence-corrected chi connectivity index (χ1v) is 10.8. The van der Waals surface area contributed by atoms with Crippen molar-refractivity contribution in [2.45, 2.75) is 31.7 Å². The van der Waals surface area contributed by atoms with E-state index in [2.05, 4.69) is 17.2 Å². The lowest BCUT2D eigenvalue weighted by atomic mass is 10.00. The zero-order valence-corrected chi connectivity index (χ0v) is 17.1. The number of hydrogen-bond donors (Lipinski definition) is 2. The van der Waals surface area contributed by atoms with E-state index in [1.165, 1.54) is 11.3 Å². The van der Waals surface area contributed by atoms with Crippen molar-refractivity contribution in [3.63, 3.8) is 0 Å². The lowest BCUT2D eigenvalue weighted by Gasteiger charge is -2.20. The zero-order valence-electron chi connectivity index (χ0n) is 16.2. The minimum absolute atomic E-state index is 0.0343. The average Bonchev–Trinajstić information content (AvgIpc) is 3.07. The van der Waals surface area contributed by atoms with Crippen LogP contribution in [0.3, 0.4) is 0 Å². The Hall–Kier alpha value is -2.92. The molecule has 0 bridgehead atoms. The van der Waals surface area contributed by atoms with Crippen LogP contribution in [0.1, 0.15) is 44.9 Å². The van der Waals surface area contributed by atoms with Crippen LogP contribution in [-0.2, 0) is 6.42 Å². The standard InChI is InChI=1S/C24H24N2O2S/c1-16-20(11-6-7-13-25-16)26-24(28)19-10-4-2-8-17(19)14-21(27)23-15-18-9-3-5-12-22(18)29-23/h2-5,8-10,12,15,20,25H,1,6-7,11,13-14H2,(H,26,28). The van der Waals surface area contributed by atoms with Crippen molar-refractivity contribution < 1.29 is 9.59 Å². The van der Waals surface area contributed by atoms with Crippen molar-refractivity contribution in [3.8, 4) is 0 Å². The molecule has 1 unspecified atom stereocenters. The van der Waals surface area contributed by atoms with Gasteiger partial charge in [0.15, 0.2) is 5.78 Å². The van der Waals surface area contributed by atoms with Gasteiger partial charge in [0.2, 0.25) is 0 Å². The molecule has 0 spiro atoms. The SMILES string of the molecule is C=C1NCCCCC1NC(=O)c1ccccc1CC(=O)c1cc2ccccc2s1. The molecular formula is C24H24N2O2S. The second-order valence-corrected chi connectivity index (χ2v) is 8.46. The molecule has 3 aromatic rings. The molecule has 5 heteroatoms. The van der Waals surface area contributed by atoms with Crippen molar-refractivity contribution in [1.82, 2.24) is 10.6 Å². The van der Waals surface area contributed by atoms with Crippen molar-refractivity contribution in [3.05, 3.63) is 82.9 Å². The maximum Gasteiger partial charge on any atom is 0.252 e. The normalized spacial score (nSPS) is 16.8. The van der Waals surface area contributed by atoms with Gasteiger partial charge in [-0.05, 0) is 48.4 Å². The van der Waals surface area contributed by atoms with Crippen molar-refractivity contribution in [2.24, 2.45) is 0 Å². The van der Waals surface area contributed by atoms with E-state index in [0.29, 0.717) is 5.56 Å². The summed E-state index contributed by atoms with van der Waals surface area (Å²) >= 11 is 1.50. The first-order valence-electron chi connectivity index (χ1n) is 9.95. The molecule has 0 radical (unpaired) electrons. The van der Waals surface area contributed by atoms with Gasteiger partial charge in [0.25, 0.3) is 5.91 Å². The molecule has 2 heterocycles. The summed E-state index contributed by atoms with van der Waals surface area (Å²) in [4.78, 5) is 26.6. The summed E-state index contributed by atoms with van der Waals surface area (Å²) in [5, 5.41) is 7.44. The molecule has 1 fully saturated rings. The van der Waals surface area contributed by atoms with Crippen LogP contribution in [0.15, 0.2) is 66.9 Å².